The van der Waals surface area contributed by atoms with E-state index in [1.807, 2.05) is 12.1 Å². The van der Waals surface area contributed by atoms with Gasteiger partial charge in [0.1, 0.15) is 5.82 Å². The van der Waals surface area contributed by atoms with E-state index in [2.05, 4.69) is 71.1 Å². The van der Waals surface area contributed by atoms with Crippen LogP contribution >= 0.6 is 0 Å². The van der Waals surface area contributed by atoms with Gasteiger partial charge in [-0.15, -0.1) is 6.58 Å². The van der Waals surface area contributed by atoms with Gasteiger partial charge in [-0.05, 0) is 58.9 Å². The molecule has 0 spiro atoms. The van der Waals surface area contributed by atoms with Gasteiger partial charge in [-0.2, -0.15) is 0 Å². The standard InChI is InChI=1S/C28H23FN2/c1-2-8-22-20-11-6-7-12-23(20)28-26-21(24-17-19(29)13-14-25(24)30-26)15-16-31(28)27(22)18-9-4-3-5-10-18/h2-7,9-14,17,28,30H,1,8,15-16H2. The molecule has 0 fully saturated rings. The van der Waals surface area contributed by atoms with Crippen LogP contribution in [0.2, 0.25) is 0 Å². The molecule has 152 valence electrons. The third-order valence-corrected chi connectivity index (χ3v) is 6.64. The van der Waals surface area contributed by atoms with Gasteiger partial charge in [0.05, 0.1) is 6.04 Å². The van der Waals surface area contributed by atoms with Crippen molar-refractivity contribution in [1.82, 2.24) is 9.88 Å². The van der Waals surface area contributed by atoms with Crippen LogP contribution in [-0.2, 0) is 6.42 Å². The van der Waals surface area contributed by atoms with E-state index < -0.39 is 0 Å². The van der Waals surface area contributed by atoms with Crippen LogP contribution in [0, 0.1) is 5.82 Å². The van der Waals surface area contributed by atoms with E-state index in [1.54, 1.807) is 6.07 Å². The van der Waals surface area contributed by atoms with E-state index in [4.69, 9.17) is 0 Å². The number of halogens is 1. The number of fused-ring (bicyclic) bond motifs is 7. The van der Waals surface area contributed by atoms with Gasteiger partial charge in [0.25, 0.3) is 0 Å². The average molecular weight is 407 g/mol. The fourth-order valence-electron chi connectivity index (χ4n) is 5.42. The second-order valence-electron chi connectivity index (χ2n) is 8.33. The molecule has 0 amide bonds. The van der Waals surface area contributed by atoms with E-state index in [9.17, 15) is 4.39 Å². The molecule has 31 heavy (non-hydrogen) atoms. The minimum absolute atomic E-state index is 0.0826. The molecule has 0 aliphatic carbocycles. The minimum atomic E-state index is -0.182. The Bertz CT molecular complexity index is 1350. The van der Waals surface area contributed by atoms with Gasteiger partial charge in [0.15, 0.2) is 0 Å². The lowest BCUT2D eigenvalue weighted by atomic mass is 9.80. The second-order valence-corrected chi connectivity index (χ2v) is 8.33. The Hall–Kier alpha value is -3.59. The summed E-state index contributed by atoms with van der Waals surface area (Å²) < 4.78 is 14.0. The quantitative estimate of drug-likeness (QED) is 0.375. The summed E-state index contributed by atoms with van der Waals surface area (Å²) in [4.78, 5) is 6.18. The third kappa shape index (κ3) is 2.70. The van der Waals surface area contributed by atoms with Gasteiger partial charge in [-0.25, -0.2) is 4.39 Å². The predicted molar refractivity (Wildman–Crippen MR) is 125 cm³/mol. The maximum atomic E-state index is 14.0. The third-order valence-electron chi connectivity index (χ3n) is 6.64. The van der Waals surface area contributed by atoms with Crippen LogP contribution in [0.4, 0.5) is 4.39 Å². The van der Waals surface area contributed by atoms with Crippen molar-refractivity contribution in [3.63, 3.8) is 0 Å². The number of aromatic nitrogens is 1. The molecule has 1 unspecified atom stereocenters. The van der Waals surface area contributed by atoms with Gasteiger partial charge in [0.2, 0.25) is 0 Å². The first kappa shape index (κ1) is 18.2. The summed E-state index contributed by atoms with van der Waals surface area (Å²) in [5, 5.41) is 1.01. The topological polar surface area (TPSA) is 19.0 Å². The SMILES string of the molecule is C=CCC1=C(c2ccccc2)N2CCc3c([nH]c4ccc(F)cc34)C2c2ccccc21. The summed E-state index contributed by atoms with van der Waals surface area (Å²) >= 11 is 0. The largest absolute Gasteiger partial charge is 0.358 e. The maximum absolute atomic E-state index is 14.0. The van der Waals surface area contributed by atoms with E-state index in [0.29, 0.717) is 0 Å². The summed E-state index contributed by atoms with van der Waals surface area (Å²) in [5.41, 5.74) is 9.83. The fraction of sp³-hybridized carbons (Fsp3) is 0.143. The zero-order valence-electron chi connectivity index (χ0n) is 17.2. The van der Waals surface area contributed by atoms with E-state index >= 15 is 0 Å². The number of aromatic amines is 1. The van der Waals surface area contributed by atoms with Crippen molar-refractivity contribution in [2.75, 3.05) is 6.54 Å². The maximum Gasteiger partial charge on any atom is 0.123 e. The number of rotatable bonds is 3. The molecule has 2 aliphatic heterocycles. The summed E-state index contributed by atoms with van der Waals surface area (Å²) in [5.74, 6) is -0.182. The molecule has 2 nitrogen and oxygen atoms in total. The molecule has 3 heterocycles. The molecule has 3 heteroatoms. The summed E-state index contributed by atoms with van der Waals surface area (Å²) in [6.45, 7) is 4.93. The number of allylic oxidation sites excluding steroid dienone is 2. The monoisotopic (exact) mass is 406 g/mol. The first-order valence-electron chi connectivity index (χ1n) is 10.8. The van der Waals surface area contributed by atoms with Crippen LogP contribution in [0.25, 0.3) is 22.2 Å². The highest BCUT2D eigenvalue weighted by molar-refractivity contribution is 5.95. The zero-order chi connectivity index (χ0) is 20.9. The van der Waals surface area contributed by atoms with Crippen molar-refractivity contribution in [3.8, 4) is 0 Å². The van der Waals surface area contributed by atoms with Crippen molar-refractivity contribution in [1.29, 1.82) is 0 Å². The highest BCUT2D eigenvalue weighted by atomic mass is 19.1. The Labute approximate surface area is 181 Å². The lowest BCUT2D eigenvalue weighted by Gasteiger charge is -2.44. The van der Waals surface area contributed by atoms with E-state index in [0.717, 1.165) is 30.3 Å². The van der Waals surface area contributed by atoms with Crippen molar-refractivity contribution in [2.24, 2.45) is 0 Å². The van der Waals surface area contributed by atoms with Crippen LogP contribution in [0.3, 0.4) is 0 Å². The van der Waals surface area contributed by atoms with Gasteiger partial charge in [-0.3, -0.25) is 0 Å². The molecule has 3 aromatic carbocycles. The Balaban J connectivity index is 1.65. The van der Waals surface area contributed by atoms with Gasteiger partial charge < -0.3 is 9.88 Å². The summed E-state index contributed by atoms with van der Waals surface area (Å²) in [7, 11) is 0. The molecule has 0 saturated heterocycles. The van der Waals surface area contributed by atoms with Crippen LogP contribution < -0.4 is 0 Å². The minimum Gasteiger partial charge on any atom is -0.358 e. The number of hydrogen-bond acceptors (Lipinski definition) is 1. The van der Waals surface area contributed by atoms with E-state index in [1.165, 1.54) is 45.3 Å². The van der Waals surface area contributed by atoms with Crippen LogP contribution in [0.1, 0.15) is 40.4 Å². The fourth-order valence-corrected chi connectivity index (χ4v) is 5.42. The number of hydrogen-bond donors (Lipinski definition) is 1. The van der Waals surface area contributed by atoms with Crippen molar-refractivity contribution in [2.45, 2.75) is 18.9 Å². The molecular formula is C28H23FN2. The molecule has 0 bridgehead atoms. The molecular weight excluding hydrogens is 383 g/mol. The highest BCUT2D eigenvalue weighted by Crippen LogP contribution is 2.50. The van der Waals surface area contributed by atoms with Crippen LogP contribution in [0.5, 0.6) is 0 Å². The zero-order valence-corrected chi connectivity index (χ0v) is 17.2. The smallest absolute Gasteiger partial charge is 0.123 e. The van der Waals surface area contributed by atoms with Gasteiger partial charge in [-0.1, -0.05) is 60.7 Å². The lowest BCUT2D eigenvalue weighted by Crippen LogP contribution is -2.38. The molecule has 1 atom stereocenters. The Kier molecular flexibility index (Phi) is 4.10. The normalized spacial score (nSPS) is 17.3. The summed E-state index contributed by atoms with van der Waals surface area (Å²) in [6.07, 6.45) is 3.70. The van der Waals surface area contributed by atoms with Gasteiger partial charge in [0, 0.05) is 28.8 Å². The highest BCUT2D eigenvalue weighted by Gasteiger charge is 2.38. The Morgan fingerprint density at radius 1 is 1.03 bits per heavy atom. The summed E-state index contributed by atoms with van der Waals surface area (Å²) in [6, 6.07) is 24.5. The number of nitrogens with zero attached hydrogens (tertiary/aromatic N) is 1. The average Bonchev–Trinajstić information content (AvgIpc) is 3.17. The number of nitrogens with one attached hydrogen (secondary N) is 1. The first-order chi connectivity index (χ1) is 15.3. The molecule has 0 radical (unpaired) electrons. The van der Waals surface area contributed by atoms with Crippen molar-refractivity contribution in [3.05, 3.63) is 119 Å². The molecule has 1 N–H and O–H groups in total. The first-order valence-corrected chi connectivity index (χ1v) is 10.8. The number of benzene rings is 3. The van der Waals surface area contributed by atoms with Crippen molar-refractivity contribution < 1.29 is 4.39 Å². The molecule has 2 aliphatic rings. The van der Waals surface area contributed by atoms with Crippen LogP contribution in [0.15, 0.2) is 85.5 Å². The van der Waals surface area contributed by atoms with Crippen LogP contribution in [-0.4, -0.2) is 16.4 Å². The molecule has 1 aromatic heterocycles. The molecule has 6 rings (SSSR count). The van der Waals surface area contributed by atoms with E-state index in [-0.39, 0.29) is 11.9 Å². The molecule has 0 saturated carbocycles. The number of H-pyrrole nitrogens is 1. The van der Waals surface area contributed by atoms with Crippen molar-refractivity contribution >= 4 is 22.2 Å². The lowest BCUT2D eigenvalue weighted by molar-refractivity contribution is 0.312. The molecule has 4 aromatic rings. The second kappa shape index (κ2) is 6.98. The van der Waals surface area contributed by atoms with Gasteiger partial charge >= 0.3 is 0 Å². The Morgan fingerprint density at radius 2 is 1.84 bits per heavy atom. The Morgan fingerprint density at radius 3 is 2.68 bits per heavy atom. The predicted octanol–water partition coefficient (Wildman–Crippen LogP) is 6.71.